The van der Waals surface area contributed by atoms with Gasteiger partial charge in [-0.15, -0.1) is 0 Å². The molecule has 3 rings (SSSR count). The maximum atomic E-state index is 12.8. The number of ether oxygens (including phenoxy) is 1. The number of rotatable bonds is 5. The van der Waals surface area contributed by atoms with Crippen molar-refractivity contribution in [2.24, 2.45) is 0 Å². The summed E-state index contributed by atoms with van der Waals surface area (Å²) in [5, 5.41) is 3.27. The zero-order valence-corrected chi connectivity index (χ0v) is 16.3. The number of hydrogen-bond acceptors (Lipinski definition) is 2. The third-order valence-electron chi connectivity index (χ3n) is 5.67. The van der Waals surface area contributed by atoms with E-state index in [2.05, 4.69) is 57.3 Å². The fourth-order valence-electron chi connectivity index (χ4n) is 3.89. The summed E-state index contributed by atoms with van der Waals surface area (Å²) < 4.78 is 6.33. The van der Waals surface area contributed by atoms with Gasteiger partial charge < -0.3 is 10.1 Å². The number of amides is 1. The highest BCUT2D eigenvalue weighted by atomic mass is 16.5. The maximum Gasteiger partial charge on any atom is 0.224 e. The minimum Gasteiger partial charge on any atom is -0.487 e. The normalized spacial score (nSPS) is 17.9. The number of benzene rings is 2. The highest BCUT2D eigenvalue weighted by molar-refractivity contribution is 5.79. The summed E-state index contributed by atoms with van der Waals surface area (Å²) in [5.74, 6) is 0.971. The van der Waals surface area contributed by atoms with Crippen LogP contribution in [0.25, 0.3) is 0 Å². The standard InChI is InChI=1S/C23H29NO2/c1-5-23(6-2)15-20(19-9-7-8-10-21(19)26-23)24-22(25)14-18-12-11-16(3)13-17(18)4/h7-13,20H,5-6,14-15H2,1-4H3,(H,24,25). The number of para-hydroxylation sites is 1. The monoisotopic (exact) mass is 351 g/mol. The second-order valence-electron chi connectivity index (χ2n) is 7.46. The largest absolute Gasteiger partial charge is 0.487 e. The summed E-state index contributed by atoms with van der Waals surface area (Å²) in [6.07, 6.45) is 3.09. The number of fused-ring (bicyclic) bond motifs is 1. The van der Waals surface area contributed by atoms with Gasteiger partial charge >= 0.3 is 0 Å². The highest BCUT2D eigenvalue weighted by Gasteiger charge is 2.38. The average Bonchev–Trinajstić information content (AvgIpc) is 2.64. The lowest BCUT2D eigenvalue weighted by molar-refractivity contribution is -0.121. The number of carbonyl (C=O) groups excluding carboxylic acids is 1. The number of hydrogen-bond donors (Lipinski definition) is 1. The van der Waals surface area contributed by atoms with Crippen LogP contribution in [0, 0.1) is 13.8 Å². The molecular weight excluding hydrogens is 322 g/mol. The van der Waals surface area contributed by atoms with E-state index in [9.17, 15) is 4.79 Å². The van der Waals surface area contributed by atoms with Gasteiger partial charge in [-0.05, 0) is 43.9 Å². The Hall–Kier alpha value is -2.29. The molecule has 0 radical (unpaired) electrons. The van der Waals surface area contributed by atoms with Crippen LogP contribution in [-0.2, 0) is 11.2 Å². The average molecular weight is 351 g/mol. The molecule has 0 aliphatic carbocycles. The molecule has 1 atom stereocenters. The molecule has 3 heteroatoms. The van der Waals surface area contributed by atoms with Crippen LogP contribution in [0.4, 0.5) is 0 Å². The van der Waals surface area contributed by atoms with E-state index in [0.717, 1.165) is 36.1 Å². The van der Waals surface area contributed by atoms with Crippen LogP contribution in [0.5, 0.6) is 5.75 Å². The van der Waals surface area contributed by atoms with Gasteiger partial charge in [-0.1, -0.05) is 55.8 Å². The van der Waals surface area contributed by atoms with Crippen molar-refractivity contribution in [3.8, 4) is 5.75 Å². The quantitative estimate of drug-likeness (QED) is 0.819. The van der Waals surface area contributed by atoms with Crippen molar-refractivity contribution >= 4 is 5.91 Å². The maximum absolute atomic E-state index is 12.8. The van der Waals surface area contributed by atoms with Gasteiger partial charge in [0.25, 0.3) is 0 Å². The van der Waals surface area contributed by atoms with Crippen LogP contribution in [0.1, 0.15) is 61.4 Å². The topological polar surface area (TPSA) is 38.3 Å². The summed E-state index contributed by atoms with van der Waals surface area (Å²) in [5.41, 5.74) is 4.36. The number of nitrogens with one attached hydrogen (secondary N) is 1. The van der Waals surface area contributed by atoms with E-state index in [1.165, 1.54) is 11.1 Å². The third-order valence-corrected chi connectivity index (χ3v) is 5.67. The Bertz CT molecular complexity index is 793. The van der Waals surface area contributed by atoms with Gasteiger partial charge in [0, 0.05) is 12.0 Å². The molecule has 1 heterocycles. The van der Waals surface area contributed by atoms with Crippen molar-refractivity contribution in [2.75, 3.05) is 0 Å². The molecule has 1 aliphatic heterocycles. The first-order valence-electron chi connectivity index (χ1n) is 9.60. The van der Waals surface area contributed by atoms with Crippen LogP contribution < -0.4 is 10.1 Å². The lowest BCUT2D eigenvalue weighted by Crippen LogP contribution is -2.44. The second kappa shape index (κ2) is 7.53. The lowest BCUT2D eigenvalue weighted by atomic mass is 9.83. The van der Waals surface area contributed by atoms with Crippen molar-refractivity contribution in [3.63, 3.8) is 0 Å². The number of carbonyl (C=O) groups is 1. The van der Waals surface area contributed by atoms with Crippen molar-refractivity contribution in [2.45, 2.75) is 65.0 Å². The first-order chi connectivity index (χ1) is 12.5. The lowest BCUT2D eigenvalue weighted by Gasteiger charge is -2.41. The molecular formula is C23H29NO2. The molecule has 1 aliphatic rings. The Morgan fingerprint density at radius 1 is 1.15 bits per heavy atom. The van der Waals surface area contributed by atoms with Crippen molar-refractivity contribution < 1.29 is 9.53 Å². The van der Waals surface area contributed by atoms with Gasteiger partial charge in [-0.3, -0.25) is 4.79 Å². The van der Waals surface area contributed by atoms with Gasteiger partial charge in [0.05, 0.1) is 12.5 Å². The molecule has 26 heavy (non-hydrogen) atoms. The molecule has 2 aromatic carbocycles. The van der Waals surface area contributed by atoms with E-state index in [-0.39, 0.29) is 17.6 Å². The molecule has 0 spiro atoms. The summed E-state index contributed by atoms with van der Waals surface area (Å²) in [4.78, 5) is 12.8. The Balaban J connectivity index is 1.80. The summed E-state index contributed by atoms with van der Waals surface area (Å²) >= 11 is 0. The van der Waals surface area contributed by atoms with E-state index >= 15 is 0 Å². The summed E-state index contributed by atoms with van der Waals surface area (Å²) in [7, 11) is 0. The number of aryl methyl sites for hydroxylation is 2. The minimum absolute atomic E-state index is 0.00176. The summed E-state index contributed by atoms with van der Waals surface area (Å²) in [6, 6.07) is 14.3. The molecule has 138 valence electrons. The van der Waals surface area contributed by atoms with Gasteiger partial charge in [-0.2, -0.15) is 0 Å². The van der Waals surface area contributed by atoms with Gasteiger partial charge in [-0.25, -0.2) is 0 Å². The highest BCUT2D eigenvalue weighted by Crippen LogP contribution is 2.42. The fraction of sp³-hybridized carbons (Fsp3) is 0.435. The first-order valence-corrected chi connectivity index (χ1v) is 9.60. The predicted octanol–water partition coefficient (Wildman–Crippen LogP) is 5.04. The second-order valence-corrected chi connectivity index (χ2v) is 7.46. The first kappa shape index (κ1) is 18.5. The SMILES string of the molecule is CCC1(CC)CC(NC(=O)Cc2ccc(C)cc2C)c2ccccc2O1. The minimum atomic E-state index is -0.202. The summed E-state index contributed by atoms with van der Waals surface area (Å²) in [6.45, 7) is 8.46. The zero-order valence-electron chi connectivity index (χ0n) is 16.3. The molecule has 1 unspecified atom stereocenters. The van der Waals surface area contributed by atoms with Gasteiger partial charge in [0.15, 0.2) is 0 Å². The Kier molecular flexibility index (Phi) is 5.36. The molecule has 1 amide bonds. The smallest absolute Gasteiger partial charge is 0.224 e. The van der Waals surface area contributed by atoms with Crippen LogP contribution in [0.3, 0.4) is 0 Å². The van der Waals surface area contributed by atoms with Crippen LogP contribution in [-0.4, -0.2) is 11.5 Å². The van der Waals surface area contributed by atoms with Gasteiger partial charge in [0.2, 0.25) is 5.91 Å². The van der Waals surface area contributed by atoms with Crippen molar-refractivity contribution in [1.82, 2.24) is 5.32 Å². The molecule has 0 saturated carbocycles. The molecule has 2 aromatic rings. The molecule has 0 aromatic heterocycles. The van der Waals surface area contributed by atoms with E-state index in [1.807, 2.05) is 18.2 Å². The van der Waals surface area contributed by atoms with E-state index < -0.39 is 0 Å². The Morgan fingerprint density at radius 2 is 1.88 bits per heavy atom. The predicted molar refractivity (Wildman–Crippen MR) is 106 cm³/mol. The zero-order chi connectivity index (χ0) is 18.7. The molecule has 0 fully saturated rings. The molecule has 0 bridgehead atoms. The Morgan fingerprint density at radius 3 is 2.58 bits per heavy atom. The molecule has 0 saturated heterocycles. The van der Waals surface area contributed by atoms with E-state index in [0.29, 0.717) is 6.42 Å². The van der Waals surface area contributed by atoms with Gasteiger partial charge in [0.1, 0.15) is 11.4 Å². The fourth-order valence-corrected chi connectivity index (χ4v) is 3.89. The Labute approximate surface area is 156 Å². The van der Waals surface area contributed by atoms with Crippen LogP contribution in [0.2, 0.25) is 0 Å². The van der Waals surface area contributed by atoms with Crippen LogP contribution in [0.15, 0.2) is 42.5 Å². The van der Waals surface area contributed by atoms with Crippen molar-refractivity contribution in [3.05, 3.63) is 64.7 Å². The molecule has 3 nitrogen and oxygen atoms in total. The van der Waals surface area contributed by atoms with Crippen molar-refractivity contribution in [1.29, 1.82) is 0 Å². The van der Waals surface area contributed by atoms with E-state index in [4.69, 9.17) is 4.74 Å². The van der Waals surface area contributed by atoms with E-state index in [1.54, 1.807) is 0 Å². The third kappa shape index (κ3) is 3.77. The van der Waals surface area contributed by atoms with Crippen LogP contribution >= 0.6 is 0 Å². The molecule has 1 N–H and O–H groups in total.